The van der Waals surface area contributed by atoms with Crippen LogP contribution in [-0.4, -0.2) is 22.4 Å². The Labute approximate surface area is 154 Å². The Balaban J connectivity index is 1.47. The van der Waals surface area contributed by atoms with E-state index < -0.39 is 0 Å². The molecule has 4 rings (SSSR count). The Bertz CT molecular complexity index is 899. The van der Waals surface area contributed by atoms with Crippen molar-refractivity contribution in [2.45, 2.75) is 17.9 Å². The first-order valence-electron chi connectivity index (χ1n) is 8.21. The van der Waals surface area contributed by atoms with Gasteiger partial charge in [-0.3, -0.25) is 4.79 Å². The maximum atomic E-state index is 12.5. The van der Waals surface area contributed by atoms with Gasteiger partial charge < -0.3 is 9.73 Å². The lowest BCUT2D eigenvalue weighted by atomic mass is 10.1. The van der Waals surface area contributed by atoms with Crippen LogP contribution in [0, 0.1) is 6.92 Å². The molecule has 1 saturated heterocycles. The predicted octanol–water partition coefficient (Wildman–Crippen LogP) is 5.26. The normalized spacial score (nSPS) is 15.4. The van der Waals surface area contributed by atoms with E-state index in [9.17, 15) is 4.79 Å². The predicted molar refractivity (Wildman–Crippen MR) is 105 cm³/mol. The van der Waals surface area contributed by atoms with E-state index in [4.69, 9.17) is 4.42 Å². The molecule has 0 atom stereocenters. The number of anilines is 1. The summed E-state index contributed by atoms with van der Waals surface area (Å²) in [5.74, 6) is 2.93. The smallest absolute Gasteiger partial charge is 0.255 e. The third-order valence-electron chi connectivity index (χ3n) is 4.02. The van der Waals surface area contributed by atoms with Crippen LogP contribution in [-0.2, 0) is 0 Å². The standard InChI is InChI=1S/C19H18N2O2S2/c1-12-20-16-11-15(7-8-17(16)23-12)21-18(22)13-3-5-14(6-4-13)19-24-9-2-10-25-19/h3-8,11,19H,2,9-10H2,1H3,(H,21,22). The van der Waals surface area contributed by atoms with Crippen LogP contribution in [0.5, 0.6) is 0 Å². The Hall–Kier alpha value is -1.92. The SMILES string of the molecule is Cc1nc2cc(NC(=O)c3ccc(C4SCCCS4)cc3)ccc2o1. The fourth-order valence-corrected chi connectivity index (χ4v) is 5.69. The number of amides is 1. The maximum absolute atomic E-state index is 12.5. The Kier molecular flexibility index (Phi) is 4.72. The van der Waals surface area contributed by atoms with Crippen LogP contribution in [0.25, 0.3) is 11.1 Å². The first-order chi connectivity index (χ1) is 12.2. The van der Waals surface area contributed by atoms with Gasteiger partial charge in [0.2, 0.25) is 0 Å². The Morgan fingerprint density at radius 3 is 2.68 bits per heavy atom. The van der Waals surface area contributed by atoms with Crippen LogP contribution in [0.3, 0.4) is 0 Å². The molecule has 4 nitrogen and oxygen atoms in total. The summed E-state index contributed by atoms with van der Waals surface area (Å²) in [5, 5.41) is 2.93. The van der Waals surface area contributed by atoms with Crippen molar-refractivity contribution in [3.05, 3.63) is 59.5 Å². The molecule has 2 aromatic carbocycles. The number of nitrogens with one attached hydrogen (secondary N) is 1. The summed E-state index contributed by atoms with van der Waals surface area (Å²) in [6, 6.07) is 13.4. The molecule has 0 unspecified atom stereocenters. The average Bonchev–Trinajstić information content (AvgIpc) is 3.02. The molecule has 128 valence electrons. The second kappa shape index (κ2) is 7.14. The summed E-state index contributed by atoms with van der Waals surface area (Å²) in [7, 11) is 0. The van der Waals surface area contributed by atoms with Gasteiger partial charge in [0.25, 0.3) is 5.91 Å². The lowest BCUT2D eigenvalue weighted by molar-refractivity contribution is 0.102. The highest BCUT2D eigenvalue weighted by Crippen LogP contribution is 2.43. The molecule has 2 heterocycles. The van der Waals surface area contributed by atoms with Gasteiger partial charge in [0.05, 0.1) is 4.58 Å². The van der Waals surface area contributed by atoms with Crippen LogP contribution < -0.4 is 5.32 Å². The lowest BCUT2D eigenvalue weighted by Gasteiger charge is -2.21. The van der Waals surface area contributed by atoms with E-state index in [0.29, 0.717) is 21.7 Å². The van der Waals surface area contributed by atoms with E-state index in [0.717, 1.165) is 11.1 Å². The minimum atomic E-state index is -0.116. The number of nitrogens with zero attached hydrogens (tertiary/aromatic N) is 1. The van der Waals surface area contributed by atoms with Crippen LogP contribution in [0.2, 0.25) is 0 Å². The number of benzene rings is 2. The number of rotatable bonds is 3. The monoisotopic (exact) mass is 370 g/mol. The number of aromatic nitrogens is 1. The molecule has 1 amide bonds. The number of hydrogen-bond donors (Lipinski definition) is 1. The third kappa shape index (κ3) is 3.70. The van der Waals surface area contributed by atoms with Crippen molar-refractivity contribution in [2.24, 2.45) is 0 Å². The summed E-state index contributed by atoms with van der Waals surface area (Å²) < 4.78 is 5.95. The highest BCUT2D eigenvalue weighted by molar-refractivity contribution is 8.16. The van der Waals surface area contributed by atoms with Crippen molar-refractivity contribution in [1.82, 2.24) is 4.98 Å². The van der Waals surface area contributed by atoms with Crippen molar-refractivity contribution in [3.63, 3.8) is 0 Å². The van der Waals surface area contributed by atoms with Gasteiger partial charge in [0.15, 0.2) is 11.5 Å². The molecule has 1 aliphatic heterocycles. The number of oxazole rings is 1. The highest BCUT2D eigenvalue weighted by atomic mass is 32.2. The van der Waals surface area contributed by atoms with Crippen molar-refractivity contribution in [2.75, 3.05) is 16.8 Å². The van der Waals surface area contributed by atoms with Gasteiger partial charge in [-0.15, -0.1) is 23.5 Å². The van der Waals surface area contributed by atoms with Gasteiger partial charge in [-0.25, -0.2) is 4.98 Å². The van der Waals surface area contributed by atoms with E-state index >= 15 is 0 Å². The van der Waals surface area contributed by atoms with Gasteiger partial charge >= 0.3 is 0 Å². The number of fused-ring (bicyclic) bond motifs is 1. The van der Waals surface area contributed by atoms with E-state index in [1.165, 1.54) is 23.5 Å². The van der Waals surface area contributed by atoms with E-state index in [1.54, 1.807) is 0 Å². The summed E-state index contributed by atoms with van der Waals surface area (Å²) in [4.78, 5) is 16.8. The first kappa shape index (κ1) is 16.5. The summed E-state index contributed by atoms with van der Waals surface area (Å²) in [6.07, 6.45) is 1.28. The molecule has 1 aliphatic rings. The van der Waals surface area contributed by atoms with Crippen LogP contribution in [0.15, 0.2) is 46.9 Å². The quantitative estimate of drug-likeness (QED) is 0.682. The topological polar surface area (TPSA) is 55.1 Å². The number of hydrogen-bond acceptors (Lipinski definition) is 5. The molecular weight excluding hydrogens is 352 g/mol. The van der Waals surface area contributed by atoms with Crippen LogP contribution in [0.1, 0.15) is 32.8 Å². The van der Waals surface area contributed by atoms with Gasteiger partial charge in [-0.1, -0.05) is 12.1 Å². The third-order valence-corrected chi connectivity index (χ3v) is 7.04. The maximum Gasteiger partial charge on any atom is 0.255 e. The molecule has 0 bridgehead atoms. The zero-order chi connectivity index (χ0) is 17.2. The van der Waals surface area contributed by atoms with Gasteiger partial charge in [-0.05, 0) is 53.8 Å². The molecule has 25 heavy (non-hydrogen) atoms. The lowest BCUT2D eigenvalue weighted by Crippen LogP contribution is -2.12. The summed E-state index contributed by atoms with van der Waals surface area (Å²) >= 11 is 3.97. The van der Waals surface area contributed by atoms with E-state index in [-0.39, 0.29) is 5.91 Å². The molecular formula is C19H18N2O2S2. The van der Waals surface area contributed by atoms with Crippen molar-refractivity contribution < 1.29 is 9.21 Å². The molecule has 0 aliphatic carbocycles. The second-order valence-corrected chi connectivity index (χ2v) is 8.64. The first-order valence-corrected chi connectivity index (χ1v) is 10.3. The number of aryl methyl sites for hydroxylation is 1. The zero-order valence-corrected chi connectivity index (χ0v) is 15.5. The highest BCUT2D eigenvalue weighted by Gasteiger charge is 2.17. The van der Waals surface area contributed by atoms with Crippen molar-refractivity contribution in [3.8, 4) is 0 Å². The molecule has 3 aromatic rings. The molecule has 1 N–H and O–H groups in total. The number of thioether (sulfide) groups is 2. The van der Waals surface area contributed by atoms with Crippen LogP contribution in [0.4, 0.5) is 5.69 Å². The van der Waals surface area contributed by atoms with Crippen molar-refractivity contribution >= 4 is 46.2 Å². The van der Waals surface area contributed by atoms with E-state index in [1.807, 2.05) is 60.8 Å². The van der Waals surface area contributed by atoms with Crippen LogP contribution >= 0.6 is 23.5 Å². The minimum absolute atomic E-state index is 0.116. The minimum Gasteiger partial charge on any atom is -0.441 e. The largest absolute Gasteiger partial charge is 0.441 e. The van der Waals surface area contributed by atoms with Gasteiger partial charge in [0, 0.05) is 18.2 Å². The van der Waals surface area contributed by atoms with Crippen molar-refractivity contribution in [1.29, 1.82) is 0 Å². The molecule has 0 spiro atoms. The number of carbonyl (C=O) groups excluding carboxylic acids is 1. The Morgan fingerprint density at radius 2 is 1.92 bits per heavy atom. The number of carbonyl (C=O) groups is 1. The van der Waals surface area contributed by atoms with Gasteiger partial charge in [0.1, 0.15) is 5.52 Å². The molecule has 1 aromatic heterocycles. The zero-order valence-electron chi connectivity index (χ0n) is 13.8. The second-order valence-electron chi connectivity index (χ2n) is 5.92. The van der Waals surface area contributed by atoms with Gasteiger partial charge in [-0.2, -0.15) is 0 Å². The summed E-state index contributed by atoms with van der Waals surface area (Å²) in [6.45, 7) is 1.81. The Morgan fingerprint density at radius 1 is 1.16 bits per heavy atom. The molecule has 0 saturated carbocycles. The average molecular weight is 370 g/mol. The molecule has 6 heteroatoms. The summed E-state index contributed by atoms with van der Waals surface area (Å²) in [5.41, 5.74) is 4.13. The molecule has 0 radical (unpaired) electrons. The molecule has 1 fully saturated rings. The fraction of sp³-hybridized carbons (Fsp3) is 0.263. The van der Waals surface area contributed by atoms with E-state index in [2.05, 4.69) is 22.4 Å². The fourth-order valence-electron chi connectivity index (χ4n) is 2.80.